The summed E-state index contributed by atoms with van der Waals surface area (Å²) >= 11 is 1.81. The number of amides is 1. The third-order valence-corrected chi connectivity index (χ3v) is 5.61. The Hall–Kier alpha value is -0.950. The number of morpholine rings is 1. The summed E-state index contributed by atoms with van der Waals surface area (Å²) in [6, 6.07) is 4.30. The number of likely N-dealkylation sites (tertiary alicyclic amines) is 1. The van der Waals surface area contributed by atoms with E-state index in [0.29, 0.717) is 0 Å². The van der Waals surface area contributed by atoms with Crippen LogP contribution < -0.4 is 5.32 Å². The van der Waals surface area contributed by atoms with E-state index in [1.807, 2.05) is 11.3 Å². The predicted octanol–water partition coefficient (Wildman–Crippen LogP) is 1.41. The zero-order valence-electron chi connectivity index (χ0n) is 13.7. The molecule has 0 unspecified atom stereocenters. The highest BCUT2D eigenvalue weighted by molar-refractivity contribution is 7.09. The largest absolute Gasteiger partial charge is 0.379 e. The average molecular weight is 337 g/mol. The molecular formula is C17H27N3O2S. The van der Waals surface area contributed by atoms with Crippen molar-refractivity contribution in [3.63, 3.8) is 0 Å². The van der Waals surface area contributed by atoms with Crippen molar-refractivity contribution in [1.29, 1.82) is 0 Å². The quantitative estimate of drug-likeness (QED) is 0.852. The van der Waals surface area contributed by atoms with E-state index in [2.05, 4.69) is 32.6 Å². The molecule has 0 radical (unpaired) electrons. The minimum atomic E-state index is 0.194. The van der Waals surface area contributed by atoms with Crippen molar-refractivity contribution in [3.05, 3.63) is 22.4 Å². The van der Waals surface area contributed by atoms with Gasteiger partial charge in [0.15, 0.2) is 0 Å². The molecule has 1 aromatic rings. The van der Waals surface area contributed by atoms with E-state index >= 15 is 0 Å². The molecular weight excluding hydrogens is 310 g/mol. The maximum atomic E-state index is 12.3. The van der Waals surface area contributed by atoms with E-state index in [1.54, 1.807) is 0 Å². The minimum absolute atomic E-state index is 0.194. The van der Waals surface area contributed by atoms with E-state index in [1.165, 1.54) is 4.88 Å². The third kappa shape index (κ3) is 5.28. The number of nitrogens with one attached hydrogen (secondary N) is 1. The molecule has 0 atom stereocenters. The van der Waals surface area contributed by atoms with Gasteiger partial charge in [0, 0.05) is 43.5 Å². The lowest BCUT2D eigenvalue weighted by molar-refractivity contribution is -0.126. The fraction of sp³-hybridized carbons (Fsp3) is 0.706. The molecule has 0 saturated carbocycles. The summed E-state index contributed by atoms with van der Waals surface area (Å²) in [6.07, 6.45) is 1.96. The molecule has 23 heavy (non-hydrogen) atoms. The molecule has 1 aromatic heterocycles. The first kappa shape index (κ1) is 16.9. The highest BCUT2D eigenvalue weighted by Gasteiger charge is 2.25. The van der Waals surface area contributed by atoms with Crippen LogP contribution in [0, 0.1) is 5.92 Å². The van der Waals surface area contributed by atoms with Gasteiger partial charge in [-0.1, -0.05) is 6.07 Å². The van der Waals surface area contributed by atoms with E-state index in [9.17, 15) is 4.79 Å². The Morgan fingerprint density at radius 2 is 2.00 bits per heavy atom. The van der Waals surface area contributed by atoms with Gasteiger partial charge in [-0.25, -0.2) is 0 Å². The van der Waals surface area contributed by atoms with Crippen LogP contribution in [0.3, 0.4) is 0 Å². The van der Waals surface area contributed by atoms with Crippen molar-refractivity contribution in [1.82, 2.24) is 15.1 Å². The minimum Gasteiger partial charge on any atom is -0.379 e. The fourth-order valence-corrected chi connectivity index (χ4v) is 4.03. The van der Waals surface area contributed by atoms with Crippen LogP contribution in [0.15, 0.2) is 17.5 Å². The standard InChI is InChI=1S/C17H27N3O2S/c21-17(18-5-8-19-9-11-22-12-10-19)15-3-6-20(7-4-15)14-16-2-1-13-23-16/h1-2,13,15H,3-12,14H2,(H,18,21). The molecule has 0 spiro atoms. The second-order valence-electron chi connectivity index (χ2n) is 6.37. The second kappa shape index (κ2) is 8.78. The topological polar surface area (TPSA) is 44.8 Å². The number of rotatable bonds is 6. The third-order valence-electron chi connectivity index (χ3n) is 4.75. The first-order chi connectivity index (χ1) is 11.3. The van der Waals surface area contributed by atoms with Crippen molar-refractivity contribution in [2.45, 2.75) is 19.4 Å². The Morgan fingerprint density at radius 3 is 2.70 bits per heavy atom. The Kier molecular flexibility index (Phi) is 6.45. The second-order valence-corrected chi connectivity index (χ2v) is 7.41. The molecule has 2 fully saturated rings. The molecule has 2 aliphatic heterocycles. The maximum absolute atomic E-state index is 12.3. The maximum Gasteiger partial charge on any atom is 0.223 e. The predicted molar refractivity (Wildman–Crippen MR) is 92.6 cm³/mol. The van der Waals surface area contributed by atoms with Crippen molar-refractivity contribution in [2.75, 3.05) is 52.5 Å². The van der Waals surface area contributed by atoms with Crippen LogP contribution >= 0.6 is 11.3 Å². The monoisotopic (exact) mass is 337 g/mol. The SMILES string of the molecule is O=C(NCCN1CCOCC1)C1CCN(Cc2cccs2)CC1. The summed E-state index contributed by atoms with van der Waals surface area (Å²) in [4.78, 5) is 18.5. The van der Waals surface area contributed by atoms with Gasteiger partial charge in [-0.2, -0.15) is 0 Å². The Morgan fingerprint density at radius 1 is 1.22 bits per heavy atom. The summed E-state index contributed by atoms with van der Waals surface area (Å²) in [7, 11) is 0. The van der Waals surface area contributed by atoms with Crippen LogP contribution in [0.1, 0.15) is 17.7 Å². The van der Waals surface area contributed by atoms with Gasteiger partial charge in [0.25, 0.3) is 0 Å². The highest BCUT2D eigenvalue weighted by Crippen LogP contribution is 2.20. The summed E-state index contributed by atoms with van der Waals surface area (Å²) in [6.45, 7) is 8.38. The van der Waals surface area contributed by atoms with E-state index in [0.717, 1.165) is 71.9 Å². The Balaban J connectivity index is 1.31. The average Bonchev–Trinajstić information content (AvgIpc) is 3.09. The zero-order valence-corrected chi connectivity index (χ0v) is 14.5. The van der Waals surface area contributed by atoms with Gasteiger partial charge in [0.1, 0.15) is 0 Å². The van der Waals surface area contributed by atoms with Crippen molar-refractivity contribution in [2.24, 2.45) is 5.92 Å². The first-order valence-electron chi connectivity index (χ1n) is 8.64. The molecule has 6 heteroatoms. The summed E-state index contributed by atoms with van der Waals surface area (Å²) in [5.74, 6) is 0.438. The Labute approximate surface area is 142 Å². The molecule has 1 amide bonds. The highest BCUT2D eigenvalue weighted by atomic mass is 32.1. The fourth-order valence-electron chi connectivity index (χ4n) is 3.28. The number of hydrogen-bond acceptors (Lipinski definition) is 5. The van der Waals surface area contributed by atoms with Crippen LogP contribution in [-0.4, -0.2) is 68.2 Å². The number of thiophene rings is 1. The van der Waals surface area contributed by atoms with Gasteiger partial charge < -0.3 is 10.1 Å². The molecule has 0 bridgehead atoms. The van der Waals surface area contributed by atoms with Gasteiger partial charge in [-0.3, -0.25) is 14.6 Å². The lowest BCUT2D eigenvalue weighted by Gasteiger charge is -2.31. The number of ether oxygens (including phenoxy) is 1. The van der Waals surface area contributed by atoms with Gasteiger partial charge in [0.2, 0.25) is 5.91 Å². The summed E-state index contributed by atoms with van der Waals surface area (Å²) in [5.41, 5.74) is 0. The van der Waals surface area contributed by atoms with Crippen molar-refractivity contribution >= 4 is 17.2 Å². The number of piperidine rings is 1. The molecule has 1 N–H and O–H groups in total. The molecule has 5 nitrogen and oxygen atoms in total. The number of carbonyl (C=O) groups is 1. The van der Waals surface area contributed by atoms with Crippen LogP contribution in [-0.2, 0) is 16.1 Å². The number of carbonyl (C=O) groups excluding carboxylic acids is 1. The zero-order chi connectivity index (χ0) is 15.9. The molecule has 3 rings (SSSR count). The number of nitrogens with zero attached hydrogens (tertiary/aromatic N) is 2. The van der Waals surface area contributed by atoms with Gasteiger partial charge >= 0.3 is 0 Å². The van der Waals surface area contributed by atoms with Crippen LogP contribution in [0.2, 0.25) is 0 Å². The van der Waals surface area contributed by atoms with Crippen LogP contribution in [0.25, 0.3) is 0 Å². The van der Waals surface area contributed by atoms with Gasteiger partial charge in [-0.05, 0) is 37.4 Å². The lowest BCUT2D eigenvalue weighted by atomic mass is 9.96. The van der Waals surface area contributed by atoms with Gasteiger partial charge in [-0.15, -0.1) is 11.3 Å². The van der Waals surface area contributed by atoms with Crippen LogP contribution in [0.4, 0.5) is 0 Å². The van der Waals surface area contributed by atoms with Crippen molar-refractivity contribution < 1.29 is 9.53 Å². The van der Waals surface area contributed by atoms with Crippen LogP contribution in [0.5, 0.6) is 0 Å². The summed E-state index contributed by atoms with van der Waals surface area (Å²) in [5, 5.41) is 5.25. The normalized spacial score (nSPS) is 21.4. The molecule has 2 aliphatic rings. The van der Waals surface area contributed by atoms with Crippen molar-refractivity contribution in [3.8, 4) is 0 Å². The Bertz CT molecular complexity index is 466. The first-order valence-corrected chi connectivity index (χ1v) is 9.52. The molecule has 0 aromatic carbocycles. The van der Waals surface area contributed by atoms with E-state index < -0.39 is 0 Å². The smallest absolute Gasteiger partial charge is 0.223 e. The number of hydrogen-bond donors (Lipinski definition) is 1. The van der Waals surface area contributed by atoms with Gasteiger partial charge in [0.05, 0.1) is 13.2 Å². The molecule has 2 saturated heterocycles. The summed E-state index contributed by atoms with van der Waals surface area (Å²) < 4.78 is 5.34. The molecule has 128 valence electrons. The molecule has 3 heterocycles. The van der Waals surface area contributed by atoms with E-state index in [4.69, 9.17) is 4.74 Å². The van der Waals surface area contributed by atoms with E-state index in [-0.39, 0.29) is 11.8 Å². The lowest BCUT2D eigenvalue weighted by Crippen LogP contribution is -2.44. The molecule has 0 aliphatic carbocycles.